The summed E-state index contributed by atoms with van der Waals surface area (Å²) in [4.78, 5) is 38.0. The quantitative estimate of drug-likeness (QED) is 0.431. The van der Waals surface area contributed by atoms with Crippen molar-refractivity contribution >= 4 is 17.7 Å². The monoisotopic (exact) mass is 494 g/mol. The first-order valence-electron chi connectivity index (χ1n) is 12.9. The van der Waals surface area contributed by atoms with Gasteiger partial charge in [0.25, 0.3) is 0 Å². The maximum atomic E-state index is 13.7. The van der Waals surface area contributed by atoms with E-state index in [1.54, 1.807) is 0 Å². The molecule has 0 amide bonds. The van der Waals surface area contributed by atoms with Crippen LogP contribution in [0.15, 0.2) is 0 Å². The van der Waals surface area contributed by atoms with E-state index in [4.69, 9.17) is 9.47 Å². The van der Waals surface area contributed by atoms with E-state index < -0.39 is 48.1 Å². The first kappa shape index (κ1) is 25.1. The van der Waals surface area contributed by atoms with Crippen LogP contribution < -0.4 is 0 Å². The van der Waals surface area contributed by atoms with Crippen LogP contribution in [0.3, 0.4) is 0 Å². The van der Waals surface area contributed by atoms with Gasteiger partial charge in [0, 0.05) is 11.8 Å². The first-order valence-corrected chi connectivity index (χ1v) is 12.9. The predicted octanol–water partition coefficient (Wildman–Crippen LogP) is 1.79. The SMILES string of the molecule is C[C@@]12CC[C@@H]3[C@@](CC[C@H]4[C@@]3(C)CCC[C@@]4(C)C(=O)O[C@@H]3O[C@H](C(=O)O)[C@@H](O)[C@H](O)[C@H]3O)(CC1=O)C2. The van der Waals surface area contributed by atoms with Crippen molar-refractivity contribution in [3.63, 3.8) is 0 Å². The third-order valence-corrected chi connectivity index (χ3v) is 10.9. The Bertz CT molecular complexity index is 936. The molecule has 1 spiro atoms. The molecule has 35 heavy (non-hydrogen) atoms. The summed E-state index contributed by atoms with van der Waals surface area (Å²) >= 11 is 0. The molecule has 4 aliphatic carbocycles. The van der Waals surface area contributed by atoms with Gasteiger partial charge in [0.15, 0.2) is 6.10 Å². The van der Waals surface area contributed by atoms with E-state index in [2.05, 4.69) is 13.8 Å². The lowest BCUT2D eigenvalue weighted by molar-refractivity contribution is -0.292. The number of carbonyl (C=O) groups is 3. The molecule has 5 aliphatic rings. The second-order valence-electron chi connectivity index (χ2n) is 12.8. The average molecular weight is 495 g/mol. The summed E-state index contributed by atoms with van der Waals surface area (Å²) in [6.07, 6.45) is -1.40. The molecule has 1 heterocycles. The zero-order chi connectivity index (χ0) is 25.6. The Morgan fingerprint density at radius 1 is 0.943 bits per heavy atom. The van der Waals surface area contributed by atoms with E-state index in [1.165, 1.54) is 0 Å². The van der Waals surface area contributed by atoms with Crippen LogP contribution in [-0.2, 0) is 23.9 Å². The summed E-state index contributed by atoms with van der Waals surface area (Å²) in [5, 5.41) is 39.7. The van der Waals surface area contributed by atoms with E-state index >= 15 is 0 Å². The highest BCUT2D eigenvalue weighted by molar-refractivity contribution is 5.88. The molecule has 0 aromatic rings. The van der Waals surface area contributed by atoms with Gasteiger partial charge in [-0.15, -0.1) is 0 Å². The number of rotatable bonds is 3. The van der Waals surface area contributed by atoms with Gasteiger partial charge in [0.2, 0.25) is 6.29 Å². The molecule has 0 aromatic carbocycles. The van der Waals surface area contributed by atoms with Crippen LogP contribution in [0.25, 0.3) is 0 Å². The van der Waals surface area contributed by atoms with Crippen LogP contribution in [0.1, 0.15) is 78.6 Å². The highest BCUT2D eigenvalue weighted by atomic mass is 16.7. The second-order valence-corrected chi connectivity index (χ2v) is 12.8. The van der Waals surface area contributed by atoms with Gasteiger partial charge in [-0.3, -0.25) is 9.59 Å². The Kier molecular flexibility index (Phi) is 5.72. The van der Waals surface area contributed by atoms with Gasteiger partial charge in [-0.2, -0.15) is 0 Å². The fraction of sp³-hybridized carbons (Fsp3) is 0.885. The molecule has 0 radical (unpaired) electrons. The smallest absolute Gasteiger partial charge is 0.335 e. The van der Waals surface area contributed by atoms with Gasteiger partial charge < -0.3 is 29.9 Å². The minimum atomic E-state index is -1.84. The summed E-state index contributed by atoms with van der Waals surface area (Å²) in [5.41, 5.74) is -1.21. The normalized spacial score (nSPS) is 53.4. The molecule has 1 saturated heterocycles. The number of ketones is 1. The molecule has 5 fully saturated rings. The van der Waals surface area contributed by atoms with E-state index in [1.807, 2.05) is 6.92 Å². The predicted molar refractivity (Wildman–Crippen MR) is 121 cm³/mol. The summed E-state index contributed by atoms with van der Waals surface area (Å²) in [5.74, 6) is -1.35. The topological polar surface area (TPSA) is 151 Å². The standard InChI is InChI=1S/C26H38O9/c1-23-9-5-14-24(2)7-4-8-25(3,13(24)6-10-26(14,12-23)11-15(23)27)22(33)35-21-18(30)16(28)17(29)19(34-21)20(31)32/h13-14,16-19,21,28-30H,4-12H2,1-3H3,(H,31,32)/t13-,14-,16-,17-,18+,19-,21-,23-,24+,25+,26-/m0/s1. The fourth-order valence-electron chi connectivity index (χ4n) is 9.14. The third kappa shape index (κ3) is 3.45. The lowest BCUT2D eigenvalue weighted by Crippen LogP contribution is -2.62. The zero-order valence-electron chi connectivity index (χ0n) is 20.7. The fourth-order valence-corrected chi connectivity index (χ4v) is 9.14. The number of carboxylic acid groups (broad SMARTS) is 1. The number of aliphatic hydroxyl groups excluding tert-OH is 3. The summed E-state index contributed by atoms with van der Waals surface area (Å²) in [6.45, 7) is 6.27. The van der Waals surface area contributed by atoms with E-state index in [0.717, 1.165) is 44.9 Å². The number of carbonyl (C=O) groups excluding carboxylic acids is 2. The van der Waals surface area contributed by atoms with Gasteiger partial charge in [-0.05, 0) is 74.5 Å². The Labute approximate surface area is 205 Å². The molecule has 9 heteroatoms. The van der Waals surface area contributed by atoms with Gasteiger partial charge >= 0.3 is 11.9 Å². The Morgan fingerprint density at radius 2 is 1.63 bits per heavy atom. The number of Topliss-reactive ketones (excluding diaryl/α,β-unsaturated/α-hetero) is 1. The van der Waals surface area contributed by atoms with Crippen LogP contribution in [0.5, 0.6) is 0 Å². The second kappa shape index (κ2) is 7.97. The summed E-state index contributed by atoms with van der Waals surface area (Å²) < 4.78 is 10.8. The Morgan fingerprint density at radius 3 is 2.31 bits per heavy atom. The molecule has 0 aromatic heterocycles. The van der Waals surface area contributed by atoms with E-state index in [-0.39, 0.29) is 22.2 Å². The van der Waals surface area contributed by atoms with Crippen LogP contribution in [-0.4, -0.2) is 68.9 Å². The molecule has 5 rings (SSSR count). The first-order chi connectivity index (χ1) is 16.3. The highest BCUT2D eigenvalue weighted by Crippen LogP contribution is 2.73. The summed E-state index contributed by atoms with van der Waals surface area (Å²) in [7, 11) is 0. The molecule has 11 atom stereocenters. The average Bonchev–Trinajstić information content (AvgIpc) is 2.96. The lowest BCUT2D eigenvalue weighted by Gasteiger charge is -2.64. The van der Waals surface area contributed by atoms with Crippen LogP contribution in [0.2, 0.25) is 0 Å². The van der Waals surface area contributed by atoms with Crippen molar-refractivity contribution in [3.05, 3.63) is 0 Å². The largest absolute Gasteiger partial charge is 0.479 e. The molecular formula is C26H38O9. The zero-order valence-corrected chi connectivity index (χ0v) is 20.7. The van der Waals surface area contributed by atoms with Crippen LogP contribution in [0, 0.1) is 33.5 Å². The third-order valence-electron chi connectivity index (χ3n) is 10.9. The number of carboxylic acids is 1. The van der Waals surface area contributed by atoms with Crippen LogP contribution in [0.4, 0.5) is 0 Å². The Hall–Kier alpha value is -1.55. The molecule has 196 valence electrons. The molecule has 1 aliphatic heterocycles. The molecule has 4 saturated carbocycles. The lowest BCUT2D eigenvalue weighted by atomic mass is 9.40. The van der Waals surface area contributed by atoms with Gasteiger partial charge in [0.05, 0.1) is 5.41 Å². The van der Waals surface area contributed by atoms with Gasteiger partial charge in [0.1, 0.15) is 24.1 Å². The molecule has 2 bridgehead atoms. The van der Waals surface area contributed by atoms with Crippen molar-refractivity contribution in [3.8, 4) is 0 Å². The van der Waals surface area contributed by atoms with Crippen molar-refractivity contribution in [1.29, 1.82) is 0 Å². The minimum absolute atomic E-state index is 0.00905. The highest BCUT2D eigenvalue weighted by Gasteiger charge is 2.68. The van der Waals surface area contributed by atoms with Crippen LogP contribution >= 0.6 is 0 Å². The number of esters is 1. The van der Waals surface area contributed by atoms with Crippen molar-refractivity contribution in [2.75, 3.05) is 0 Å². The van der Waals surface area contributed by atoms with E-state index in [9.17, 15) is 34.8 Å². The number of aliphatic hydroxyl groups is 3. The summed E-state index contributed by atoms with van der Waals surface area (Å²) in [6, 6.07) is 0. The van der Waals surface area contributed by atoms with Gasteiger partial charge in [-0.1, -0.05) is 20.3 Å². The number of ether oxygens (including phenoxy) is 2. The minimum Gasteiger partial charge on any atom is -0.479 e. The molecule has 4 N–H and O–H groups in total. The number of hydrogen-bond donors (Lipinski definition) is 4. The van der Waals surface area contributed by atoms with Crippen molar-refractivity contribution in [2.24, 2.45) is 33.5 Å². The molecule has 9 nitrogen and oxygen atoms in total. The Balaban J connectivity index is 1.39. The molecule has 0 unspecified atom stereocenters. The van der Waals surface area contributed by atoms with Gasteiger partial charge in [-0.25, -0.2) is 4.79 Å². The van der Waals surface area contributed by atoms with E-state index in [0.29, 0.717) is 24.5 Å². The van der Waals surface area contributed by atoms with Crippen molar-refractivity contribution in [1.82, 2.24) is 0 Å². The molecular weight excluding hydrogens is 456 g/mol. The number of hydrogen-bond acceptors (Lipinski definition) is 8. The number of aliphatic carboxylic acids is 1. The number of fused-ring (bicyclic) bond motifs is 3. The van der Waals surface area contributed by atoms with Crippen molar-refractivity contribution < 1.29 is 44.3 Å². The maximum absolute atomic E-state index is 13.7. The van der Waals surface area contributed by atoms with Crippen molar-refractivity contribution in [2.45, 2.75) is 109 Å². The maximum Gasteiger partial charge on any atom is 0.335 e.